The van der Waals surface area contributed by atoms with Crippen LogP contribution >= 0.6 is 11.3 Å². The summed E-state index contributed by atoms with van der Waals surface area (Å²) in [5.41, 5.74) is 2.04. The molecule has 0 N–H and O–H groups in total. The van der Waals surface area contributed by atoms with Crippen LogP contribution in [0.1, 0.15) is 45.2 Å². The summed E-state index contributed by atoms with van der Waals surface area (Å²) in [4.78, 5) is 59.9. The number of thiophene rings is 1. The average Bonchev–Trinajstić information content (AvgIpc) is 3.59. The topological polar surface area (TPSA) is 119 Å². The van der Waals surface area contributed by atoms with Gasteiger partial charge in [-0.05, 0) is 48.9 Å². The highest BCUT2D eigenvalue weighted by atomic mass is 32.1. The van der Waals surface area contributed by atoms with Crippen molar-refractivity contribution in [3.8, 4) is 0 Å². The maximum atomic E-state index is 14.1. The van der Waals surface area contributed by atoms with Crippen molar-refractivity contribution in [1.29, 1.82) is 0 Å². The third kappa shape index (κ3) is 3.69. The van der Waals surface area contributed by atoms with Crippen LogP contribution in [0, 0.1) is 16.0 Å². The summed E-state index contributed by atoms with van der Waals surface area (Å²) in [6, 6.07) is 14.2. The van der Waals surface area contributed by atoms with Gasteiger partial charge in [-0.1, -0.05) is 30.3 Å². The van der Waals surface area contributed by atoms with E-state index in [1.165, 1.54) is 35.6 Å². The molecule has 0 unspecified atom stereocenters. The van der Waals surface area contributed by atoms with Gasteiger partial charge in [0, 0.05) is 17.0 Å². The number of hydroxylamine groups is 1. The van der Waals surface area contributed by atoms with Gasteiger partial charge in [-0.2, -0.15) is 0 Å². The van der Waals surface area contributed by atoms with Crippen molar-refractivity contribution in [2.24, 2.45) is 5.92 Å². The number of nitro benzene ring substituents is 1. The van der Waals surface area contributed by atoms with Crippen LogP contribution in [0.3, 0.4) is 0 Å². The zero-order valence-corrected chi connectivity index (χ0v) is 21.2. The first-order valence-corrected chi connectivity index (χ1v) is 13.1. The Hall–Kier alpha value is -4.09. The summed E-state index contributed by atoms with van der Waals surface area (Å²) in [5, 5.41) is 13.3. The number of anilines is 2. The number of rotatable bonds is 5. The molecule has 3 atom stereocenters. The van der Waals surface area contributed by atoms with Crippen LogP contribution in [0.2, 0.25) is 0 Å². The van der Waals surface area contributed by atoms with Crippen molar-refractivity contribution in [3.63, 3.8) is 0 Å². The lowest BCUT2D eigenvalue weighted by Crippen LogP contribution is -2.37. The number of aryl methyl sites for hydroxylation is 1. The van der Waals surface area contributed by atoms with Gasteiger partial charge >= 0.3 is 5.97 Å². The first-order valence-electron chi connectivity index (χ1n) is 12.3. The number of methoxy groups -OCH3 is 1. The van der Waals surface area contributed by atoms with Crippen LogP contribution in [0.25, 0.3) is 0 Å². The number of benzene rings is 2. The Balaban J connectivity index is 1.46. The number of esters is 1. The summed E-state index contributed by atoms with van der Waals surface area (Å²) >= 11 is 1.27. The molecule has 6 rings (SSSR count). The van der Waals surface area contributed by atoms with Crippen LogP contribution in [-0.4, -0.2) is 35.9 Å². The predicted octanol–water partition coefficient (Wildman–Crippen LogP) is 4.37. The number of imide groups is 1. The molecule has 2 fully saturated rings. The first kappa shape index (κ1) is 24.3. The van der Waals surface area contributed by atoms with Crippen LogP contribution in [0.15, 0.2) is 54.6 Å². The molecule has 2 aliphatic heterocycles. The molecule has 1 aromatic heterocycles. The molecule has 38 heavy (non-hydrogen) atoms. The molecule has 0 spiro atoms. The van der Waals surface area contributed by atoms with Crippen LogP contribution in [0.4, 0.5) is 16.4 Å². The minimum Gasteiger partial charge on any atom is -0.465 e. The third-order valence-corrected chi connectivity index (χ3v) is 8.57. The maximum absolute atomic E-state index is 14.1. The highest BCUT2D eigenvalue weighted by Crippen LogP contribution is 2.50. The van der Waals surface area contributed by atoms with Gasteiger partial charge in [0.25, 0.3) is 11.6 Å². The van der Waals surface area contributed by atoms with Crippen LogP contribution in [-0.2, 0) is 32.0 Å². The number of hydrogen-bond acceptors (Lipinski definition) is 9. The molecule has 3 aromatic rings. The van der Waals surface area contributed by atoms with E-state index in [9.17, 15) is 24.5 Å². The van der Waals surface area contributed by atoms with Crippen molar-refractivity contribution in [1.82, 2.24) is 0 Å². The Labute approximate surface area is 221 Å². The lowest BCUT2D eigenvalue weighted by atomic mass is 9.90. The maximum Gasteiger partial charge on any atom is 0.341 e. The Morgan fingerprint density at radius 1 is 1.08 bits per heavy atom. The number of fused-ring (bicyclic) bond motifs is 2. The van der Waals surface area contributed by atoms with Crippen LogP contribution < -0.4 is 9.96 Å². The smallest absolute Gasteiger partial charge is 0.341 e. The second-order valence-corrected chi connectivity index (χ2v) is 10.5. The normalized spacial score (nSPS) is 22.4. The fraction of sp³-hybridized carbons (Fsp3) is 0.296. The van der Waals surface area contributed by atoms with E-state index in [0.29, 0.717) is 17.7 Å². The standard InChI is InChI=1S/C27H23N3O7S/c1-36-27(33)20-18-12-5-6-13-19(18)38-26(20)28-24(31)21-22(15-8-7-11-17(14-15)30(34)35)29(37-23(21)25(28)32)16-9-3-2-4-10-16/h2-4,7-11,14,21-23H,5-6,12-13H2,1H3/t21-,22+,23+/m0/s1. The summed E-state index contributed by atoms with van der Waals surface area (Å²) in [6.45, 7) is 0. The SMILES string of the molecule is COC(=O)c1c(N2C(=O)[C@H]3[C@@H](c4cccc([N+](=O)[O-])c4)N(c4ccccc4)O[C@H]3C2=O)sc2c1CCCC2. The molecule has 0 saturated carbocycles. The van der Waals surface area contributed by atoms with Gasteiger partial charge < -0.3 is 4.74 Å². The van der Waals surface area contributed by atoms with E-state index in [4.69, 9.17) is 9.57 Å². The monoisotopic (exact) mass is 533 g/mol. The first-order chi connectivity index (χ1) is 18.4. The van der Waals surface area contributed by atoms with Gasteiger partial charge in [0.2, 0.25) is 5.91 Å². The number of nitrogens with zero attached hydrogens (tertiary/aromatic N) is 3. The lowest BCUT2D eigenvalue weighted by molar-refractivity contribution is -0.384. The quantitative estimate of drug-likeness (QED) is 0.205. The molecular weight excluding hydrogens is 510 g/mol. The Bertz CT molecular complexity index is 1470. The largest absolute Gasteiger partial charge is 0.465 e. The van der Waals surface area contributed by atoms with Gasteiger partial charge in [0.1, 0.15) is 10.9 Å². The Morgan fingerprint density at radius 2 is 1.84 bits per heavy atom. The van der Waals surface area contributed by atoms with E-state index in [0.717, 1.165) is 34.6 Å². The minimum atomic E-state index is -1.16. The van der Waals surface area contributed by atoms with E-state index < -0.39 is 40.8 Å². The number of carbonyl (C=O) groups excluding carboxylic acids is 3. The van der Waals surface area contributed by atoms with E-state index in [-0.39, 0.29) is 16.3 Å². The van der Waals surface area contributed by atoms with Crippen molar-refractivity contribution < 1.29 is 28.9 Å². The Kier molecular flexibility index (Phi) is 5.96. The Morgan fingerprint density at radius 3 is 2.58 bits per heavy atom. The number of hydrogen-bond donors (Lipinski definition) is 0. The molecular formula is C27H23N3O7S. The molecule has 194 valence electrons. The minimum absolute atomic E-state index is 0.133. The van der Waals surface area contributed by atoms with E-state index >= 15 is 0 Å². The second kappa shape index (κ2) is 9.34. The van der Waals surface area contributed by atoms with E-state index in [1.807, 2.05) is 6.07 Å². The van der Waals surface area contributed by atoms with Crippen LogP contribution in [0.5, 0.6) is 0 Å². The summed E-state index contributed by atoms with van der Waals surface area (Å²) in [5.74, 6) is -2.65. The van der Waals surface area contributed by atoms with Crippen molar-refractivity contribution in [2.45, 2.75) is 37.8 Å². The number of para-hydroxylation sites is 1. The number of nitro groups is 1. The number of amides is 2. The highest BCUT2D eigenvalue weighted by Gasteiger charge is 2.61. The molecule has 0 bridgehead atoms. The van der Waals surface area contributed by atoms with Crippen molar-refractivity contribution in [2.75, 3.05) is 17.1 Å². The molecule has 2 saturated heterocycles. The van der Waals surface area contributed by atoms with Gasteiger partial charge in [-0.15, -0.1) is 11.3 Å². The van der Waals surface area contributed by atoms with Gasteiger partial charge in [0.15, 0.2) is 6.10 Å². The molecule has 3 aliphatic rings. The van der Waals surface area contributed by atoms with E-state index in [1.54, 1.807) is 36.4 Å². The number of non-ortho nitro benzene ring substituents is 1. The fourth-order valence-electron chi connectivity index (χ4n) is 5.60. The second-order valence-electron chi connectivity index (χ2n) is 9.40. The predicted molar refractivity (Wildman–Crippen MR) is 138 cm³/mol. The summed E-state index contributed by atoms with van der Waals surface area (Å²) in [7, 11) is 1.28. The molecule has 11 heteroatoms. The van der Waals surface area contributed by atoms with Crippen molar-refractivity contribution >= 4 is 45.5 Å². The highest BCUT2D eigenvalue weighted by molar-refractivity contribution is 7.17. The van der Waals surface area contributed by atoms with E-state index in [2.05, 4.69) is 0 Å². The zero-order chi connectivity index (χ0) is 26.6. The summed E-state index contributed by atoms with van der Waals surface area (Å²) in [6.07, 6.45) is 2.15. The number of carbonyl (C=O) groups is 3. The molecule has 1 aliphatic carbocycles. The lowest BCUT2D eigenvalue weighted by Gasteiger charge is -2.28. The average molecular weight is 534 g/mol. The zero-order valence-electron chi connectivity index (χ0n) is 20.4. The van der Waals surface area contributed by atoms with Gasteiger partial charge in [-0.3, -0.25) is 24.5 Å². The molecule has 0 radical (unpaired) electrons. The van der Waals surface area contributed by atoms with Gasteiger partial charge in [0.05, 0.1) is 29.3 Å². The van der Waals surface area contributed by atoms with Crippen molar-refractivity contribution in [3.05, 3.63) is 86.3 Å². The molecule has 2 amide bonds. The number of ether oxygens (including phenoxy) is 1. The fourth-order valence-corrected chi connectivity index (χ4v) is 6.98. The molecule has 10 nitrogen and oxygen atoms in total. The molecule has 2 aromatic carbocycles. The molecule has 3 heterocycles. The summed E-state index contributed by atoms with van der Waals surface area (Å²) < 4.78 is 5.04. The third-order valence-electron chi connectivity index (χ3n) is 7.29. The van der Waals surface area contributed by atoms with Gasteiger partial charge in [-0.25, -0.2) is 14.8 Å².